The zero-order valence-electron chi connectivity index (χ0n) is 34.5. The maximum atomic E-state index is 13.1. The van der Waals surface area contributed by atoms with Gasteiger partial charge in [-0.2, -0.15) is 0 Å². The fraction of sp³-hybridized carbons (Fsp3) is 0.550. The predicted octanol–water partition coefficient (Wildman–Crippen LogP) is 0.223. The summed E-state index contributed by atoms with van der Waals surface area (Å²) in [5.41, 5.74) is 0.453. The largest absolute Gasteiger partial charge is 0.481 e. The van der Waals surface area contributed by atoms with Crippen LogP contribution in [0.1, 0.15) is 107 Å². The van der Waals surface area contributed by atoms with Crippen molar-refractivity contribution in [2.75, 3.05) is 6.54 Å². The van der Waals surface area contributed by atoms with E-state index in [0.29, 0.717) is 17.0 Å². The van der Waals surface area contributed by atoms with E-state index in [4.69, 9.17) is 4.84 Å². The number of rotatable bonds is 26. The third kappa shape index (κ3) is 18.6. The summed E-state index contributed by atoms with van der Waals surface area (Å²) in [6, 6.07) is 1.38. The number of hydroxylamine groups is 2. The topological polar surface area (TPSA) is 358 Å². The lowest BCUT2D eigenvalue weighted by molar-refractivity contribution is -0.201. The highest BCUT2D eigenvalue weighted by Gasteiger charge is 2.38. The van der Waals surface area contributed by atoms with Gasteiger partial charge in [0.1, 0.15) is 6.04 Å². The second-order valence-electron chi connectivity index (χ2n) is 15.4. The first-order valence-corrected chi connectivity index (χ1v) is 21.5. The van der Waals surface area contributed by atoms with Gasteiger partial charge in [-0.3, -0.25) is 47.9 Å². The minimum atomic E-state index is -1.46. The predicted molar refractivity (Wildman–Crippen MR) is 224 cm³/mol. The number of imide groups is 1. The number of carboxylic acids is 4. The van der Waals surface area contributed by atoms with E-state index in [9.17, 15) is 78.0 Å². The Morgan fingerprint density at radius 3 is 1.62 bits per heavy atom. The molecule has 1 aliphatic heterocycles. The van der Waals surface area contributed by atoms with Crippen LogP contribution in [0.4, 0.5) is 0 Å². The van der Waals surface area contributed by atoms with Gasteiger partial charge in [0.15, 0.2) is 0 Å². The lowest BCUT2D eigenvalue weighted by Gasteiger charge is -2.28. The average Bonchev–Trinajstić information content (AvgIpc) is 3.51. The number of unbranched alkanes of at least 4 members (excludes halogenated alkanes) is 1. The Bertz CT molecular complexity index is 1940. The highest BCUT2D eigenvalue weighted by Crippen LogP contribution is 2.31. The molecule has 9 N–H and O–H groups in total. The van der Waals surface area contributed by atoms with Crippen LogP contribution < -0.4 is 26.6 Å². The lowest BCUT2D eigenvalue weighted by Crippen LogP contribution is -2.48. The number of halogens is 1. The van der Waals surface area contributed by atoms with Crippen LogP contribution in [0.2, 0.25) is 0 Å². The van der Waals surface area contributed by atoms with Gasteiger partial charge in [0.2, 0.25) is 23.6 Å². The van der Waals surface area contributed by atoms with Crippen LogP contribution in [0.3, 0.4) is 0 Å². The Hall–Kier alpha value is -6.21. The molecule has 1 saturated carbocycles. The highest BCUT2D eigenvalue weighted by atomic mass is 127. The summed E-state index contributed by atoms with van der Waals surface area (Å²) in [5.74, 6) is -13.0. The van der Waals surface area contributed by atoms with E-state index in [2.05, 4.69) is 49.2 Å². The van der Waals surface area contributed by atoms with Gasteiger partial charge in [0.25, 0.3) is 17.7 Å². The smallest absolute Gasteiger partial charge is 0.336 e. The van der Waals surface area contributed by atoms with Crippen LogP contribution in [-0.2, 0) is 57.6 Å². The Kier molecular flexibility index (Phi) is 21.0. The van der Waals surface area contributed by atoms with Crippen molar-refractivity contribution >= 4 is 93.8 Å². The quantitative estimate of drug-likeness (QED) is 0.0341. The van der Waals surface area contributed by atoms with E-state index in [0.717, 1.165) is 3.57 Å². The van der Waals surface area contributed by atoms with Gasteiger partial charge < -0.3 is 51.8 Å². The van der Waals surface area contributed by atoms with Crippen molar-refractivity contribution in [2.24, 2.45) is 11.8 Å². The number of benzene rings is 1. The number of hydrogen-bond acceptors (Lipinski definition) is 13. The van der Waals surface area contributed by atoms with E-state index in [1.165, 1.54) is 0 Å². The molecule has 4 atom stereocenters. The van der Waals surface area contributed by atoms with Crippen LogP contribution in [0.15, 0.2) is 24.3 Å². The Morgan fingerprint density at radius 1 is 0.656 bits per heavy atom. The standard InChI is InChI=1S/C40H51IN6O17/c41-24-5-3-4-23(14-24)37(59)42-13-2-1-6-28(39(61)62)46-31(50)16-26(19-35(55)56)44-29(48)15-25(18-34(53)54)43-30(49)17-27(20-36(57)58)45-38(60)21-7-9-22(10-8-21)40(63)64-47-32(51)11-12-33(47)52/h3-5,14,21-22,25-28H,1-2,6-13,15-20H2,(H,42,59)(H,43,49)(H,44,48)(H,45,60)(H,46,50)(H,53,54)(H,55,56)(H,57,58)(H,61,62)/t21-,22-,25-,26-,27-,28-/m1/s1. The van der Waals surface area contributed by atoms with Gasteiger partial charge in [-0.25, -0.2) is 9.59 Å². The minimum Gasteiger partial charge on any atom is -0.481 e. The van der Waals surface area contributed by atoms with Crippen molar-refractivity contribution in [3.8, 4) is 0 Å². The zero-order chi connectivity index (χ0) is 47.5. The molecule has 0 aromatic heterocycles. The van der Waals surface area contributed by atoms with Crippen LogP contribution in [-0.4, -0.2) is 127 Å². The molecule has 2 fully saturated rings. The summed E-state index contributed by atoms with van der Waals surface area (Å²) < 4.78 is 0.866. The number of carbonyl (C=O) groups is 12. The van der Waals surface area contributed by atoms with Crippen LogP contribution in [0.5, 0.6) is 0 Å². The molecule has 1 aromatic rings. The Balaban J connectivity index is 1.50. The summed E-state index contributed by atoms with van der Waals surface area (Å²) in [7, 11) is 0. The number of nitrogens with zero attached hydrogens (tertiary/aromatic N) is 1. The van der Waals surface area contributed by atoms with Gasteiger partial charge in [0.05, 0.1) is 25.2 Å². The van der Waals surface area contributed by atoms with Gasteiger partial charge in [-0.15, -0.1) is 5.06 Å². The molecule has 2 aliphatic rings. The number of carboxylic acid groups (broad SMARTS) is 4. The first kappa shape index (κ1) is 52.1. The molecule has 24 heteroatoms. The first-order chi connectivity index (χ1) is 30.2. The van der Waals surface area contributed by atoms with Crippen molar-refractivity contribution in [1.82, 2.24) is 31.6 Å². The number of carbonyl (C=O) groups excluding carboxylic acids is 8. The van der Waals surface area contributed by atoms with Crippen LogP contribution in [0, 0.1) is 15.4 Å². The summed E-state index contributed by atoms with van der Waals surface area (Å²) in [6.07, 6.45) is -3.39. The van der Waals surface area contributed by atoms with Crippen LogP contribution in [0.25, 0.3) is 0 Å². The summed E-state index contributed by atoms with van der Waals surface area (Å²) in [4.78, 5) is 152. The Labute approximate surface area is 379 Å². The average molecular weight is 1010 g/mol. The van der Waals surface area contributed by atoms with E-state index >= 15 is 0 Å². The summed E-state index contributed by atoms with van der Waals surface area (Å²) >= 11 is 2.07. The Morgan fingerprint density at radius 2 is 1.14 bits per heavy atom. The molecule has 350 valence electrons. The third-order valence-electron chi connectivity index (χ3n) is 10.2. The fourth-order valence-corrected chi connectivity index (χ4v) is 7.59. The first-order valence-electron chi connectivity index (χ1n) is 20.4. The molecule has 1 aliphatic carbocycles. The molecule has 0 radical (unpaired) electrons. The summed E-state index contributed by atoms with van der Waals surface area (Å²) in [6.45, 7) is 0.223. The van der Waals surface area contributed by atoms with Crippen molar-refractivity contribution in [3.63, 3.8) is 0 Å². The number of amides is 7. The summed E-state index contributed by atoms with van der Waals surface area (Å²) in [5, 5.41) is 50.6. The molecule has 23 nitrogen and oxygen atoms in total. The SMILES string of the molecule is O=C(O)C[C@@H](CC(=O)N[C@@H](CC(=O)O)CC(=O)N[C@H](CCCCNC(=O)c1cccc(I)c1)C(=O)O)NC(=O)C[C@H](CC(=O)O)NC(=O)[C@H]1CC[C@H](C(=O)ON2C(=O)CCC2=O)CC1. The molecule has 3 rings (SSSR count). The maximum absolute atomic E-state index is 13.1. The van der Waals surface area contributed by atoms with E-state index in [-0.39, 0.29) is 63.8 Å². The lowest BCUT2D eigenvalue weighted by atomic mass is 9.81. The molecule has 1 heterocycles. The molecule has 1 saturated heterocycles. The molecule has 7 amide bonds. The third-order valence-corrected chi connectivity index (χ3v) is 10.8. The molecule has 64 heavy (non-hydrogen) atoms. The van der Waals surface area contributed by atoms with Gasteiger partial charge >= 0.3 is 29.8 Å². The van der Waals surface area contributed by atoms with Gasteiger partial charge in [-0.1, -0.05) is 6.07 Å². The molecular weight excluding hydrogens is 963 g/mol. The zero-order valence-corrected chi connectivity index (χ0v) is 36.7. The van der Waals surface area contributed by atoms with E-state index in [1.807, 2.05) is 6.07 Å². The number of nitrogens with one attached hydrogen (secondary N) is 5. The maximum Gasteiger partial charge on any atom is 0.336 e. The van der Waals surface area contributed by atoms with Gasteiger partial charge in [0, 0.05) is 71.8 Å². The number of aliphatic carboxylic acids is 4. The monoisotopic (exact) mass is 1010 g/mol. The number of hydrogen-bond donors (Lipinski definition) is 9. The highest BCUT2D eigenvalue weighted by molar-refractivity contribution is 14.1. The van der Waals surface area contributed by atoms with Crippen molar-refractivity contribution in [1.29, 1.82) is 0 Å². The molecular formula is C40H51IN6O17. The molecule has 1 aromatic carbocycles. The van der Waals surface area contributed by atoms with Crippen LogP contribution >= 0.6 is 22.6 Å². The second kappa shape index (κ2) is 25.8. The molecule has 0 unspecified atom stereocenters. The minimum absolute atomic E-state index is 0.0442. The molecule has 0 spiro atoms. The van der Waals surface area contributed by atoms with Crippen molar-refractivity contribution in [3.05, 3.63) is 33.4 Å². The van der Waals surface area contributed by atoms with Gasteiger partial charge in [-0.05, 0) is 85.7 Å². The fourth-order valence-electron chi connectivity index (χ4n) is 7.05. The van der Waals surface area contributed by atoms with E-state index < -0.39 is 140 Å². The van der Waals surface area contributed by atoms with Crippen molar-refractivity contribution in [2.45, 2.75) is 120 Å². The second-order valence-corrected chi connectivity index (χ2v) is 16.6. The van der Waals surface area contributed by atoms with E-state index in [1.54, 1.807) is 18.2 Å². The molecule has 0 bridgehead atoms. The normalized spacial score (nSPS) is 17.7. The van der Waals surface area contributed by atoms with Crippen molar-refractivity contribution < 1.29 is 82.8 Å².